The number of rotatable bonds is 5. The van der Waals surface area contributed by atoms with Crippen LogP contribution in [0.25, 0.3) is 0 Å². The lowest BCUT2D eigenvalue weighted by Gasteiger charge is -2.08. The Morgan fingerprint density at radius 1 is 1.48 bits per heavy atom. The van der Waals surface area contributed by atoms with E-state index in [1.54, 1.807) is 11.3 Å². The second-order valence-corrected chi connectivity index (χ2v) is 7.20. The van der Waals surface area contributed by atoms with Gasteiger partial charge in [-0.2, -0.15) is 5.26 Å². The molecule has 0 aliphatic heterocycles. The number of nitrogens with zero attached hydrogens (tertiary/aromatic N) is 2. The zero-order valence-electron chi connectivity index (χ0n) is 11.5. The first kappa shape index (κ1) is 15.9. The highest BCUT2D eigenvalue weighted by Gasteiger charge is 2.08. The van der Waals surface area contributed by atoms with E-state index in [-0.39, 0.29) is 5.91 Å². The summed E-state index contributed by atoms with van der Waals surface area (Å²) in [5.41, 5.74) is 2.70. The Balaban J connectivity index is 1.92. The number of hydrogen-bond acceptors (Lipinski definition) is 6. The van der Waals surface area contributed by atoms with Gasteiger partial charge in [-0.15, -0.1) is 11.3 Å². The van der Waals surface area contributed by atoms with Crippen LogP contribution in [-0.2, 0) is 4.79 Å². The van der Waals surface area contributed by atoms with Gasteiger partial charge in [-0.05, 0) is 49.4 Å². The minimum atomic E-state index is -0.0587. The van der Waals surface area contributed by atoms with E-state index in [0.717, 1.165) is 37.9 Å². The standard InChI is InChI=1S/C14H13N3OS3/c1-9-5-11(21-8-15)3-4-12(9)17-13(18)7-20-14-16-10(2)6-19-14/h3-6H,7H2,1-2H3,(H,17,18). The first-order valence-corrected chi connectivity index (χ1v) is 8.78. The predicted octanol–water partition coefficient (Wildman–Crippen LogP) is 4.06. The summed E-state index contributed by atoms with van der Waals surface area (Å²) in [7, 11) is 0. The van der Waals surface area contributed by atoms with Crippen LogP contribution < -0.4 is 5.32 Å². The lowest BCUT2D eigenvalue weighted by Crippen LogP contribution is -2.14. The van der Waals surface area contributed by atoms with Crippen molar-refractivity contribution in [1.29, 1.82) is 5.26 Å². The molecule has 2 aromatic rings. The maximum absolute atomic E-state index is 11.9. The molecule has 0 atom stereocenters. The van der Waals surface area contributed by atoms with Crippen molar-refractivity contribution < 1.29 is 4.79 Å². The molecule has 7 heteroatoms. The Morgan fingerprint density at radius 3 is 2.90 bits per heavy atom. The van der Waals surface area contributed by atoms with Crippen LogP contribution in [0, 0.1) is 24.5 Å². The summed E-state index contributed by atoms with van der Waals surface area (Å²) in [6, 6.07) is 5.54. The number of thiazole rings is 1. The van der Waals surface area contributed by atoms with Crippen molar-refractivity contribution in [1.82, 2.24) is 4.98 Å². The van der Waals surface area contributed by atoms with Crippen LogP contribution in [0.2, 0.25) is 0 Å². The summed E-state index contributed by atoms with van der Waals surface area (Å²) < 4.78 is 0.903. The Hall–Kier alpha value is -1.49. The largest absolute Gasteiger partial charge is 0.325 e. The fraction of sp³-hybridized carbons (Fsp3) is 0.214. The lowest BCUT2D eigenvalue weighted by molar-refractivity contribution is -0.113. The van der Waals surface area contributed by atoms with Crippen molar-refractivity contribution in [3.63, 3.8) is 0 Å². The third-order valence-corrected chi connectivity index (χ3v) is 5.28. The molecule has 0 saturated carbocycles. The number of nitrogens with one attached hydrogen (secondary N) is 1. The van der Waals surface area contributed by atoms with Crippen LogP contribution in [0.5, 0.6) is 0 Å². The normalized spacial score (nSPS) is 10.1. The fourth-order valence-electron chi connectivity index (χ4n) is 1.60. The fourth-order valence-corrected chi connectivity index (χ4v) is 3.73. The monoisotopic (exact) mass is 335 g/mol. The molecule has 0 aliphatic rings. The van der Waals surface area contributed by atoms with Gasteiger partial charge in [0.1, 0.15) is 5.40 Å². The molecule has 0 spiro atoms. The highest BCUT2D eigenvalue weighted by atomic mass is 32.2. The molecule has 21 heavy (non-hydrogen) atoms. The minimum Gasteiger partial charge on any atom is -0.325 e. The maximum atomic E-state index is 11.9. The van der Waals surface area contributed by atoms with Gasteiger partial charge in [0.15, 0.2) is 4.34 Å². The number of nitriles is 1. The van der Waals surface area contributed by atoms with Gasteiger partial charge >= 0.3 is 0 Å². The third kappa shape index (κ3) is 4.77. The SMILES string of the molecule is Cc1csc(SCC(=O)Nc2ccc(SC#N)cc2C)n1. The van der Waals surface area contributed by atoms with Crippen LogP contribution in [0.3, 0.4) is 0 Å². The average molecular weight is 335 g/mol. The molecule has 0 aliphatic carbocycles. The van der Waals surface area contributed by atoms with Gasteiger partial charge in [0.25, 0.3) is 0 Å². The number of carbonyl (C=O) groups is 1. The van der Waals surface area contributed by atoms with Gasteiger partial charge in [0.05, 0.1) is 5.75 Å². The number of benzene rings is 1. The molecule has 2 rings (SSSR count). The van der Waals surface area contributed by atoms with Crippen molar-refractivity contribution in [3.05, 3.63) is 34.8 Å². The molecule has 1 heterocycles. The number of anilines is 1. The summed E-state index contributed by atoms with van der Waals surface area (Å²) in [5, 5.41) is 15.5. The molecule has 0 fully saturated rings. The van der Waals surface area contributed by atoms with E-state index < -0.39 is 0 Å². The number of amides is 1. The zero-order chi connectivity index (χ0) is 15.2. The van der Waals surface area contributed by atoms with E-state index in [1.165, 1.54) is 11.8 Å². The van der Waals surface area contributed by atoms with Crippen molar-refractivity contribution in [3.8, 4) is 5.40 Å². The molecule has 108 valence electrons. The number of hydrogen-bond donors (Lipinski definition) is 1. The molecule has 0 radical (unpaired) electrons. The lowest BCUT2D eigenvalue weighted by atomic mass is 10.2. The number of thioether (sulfide) groups is 2. The topological polar surface area (TPSA) is 65.8 Å². The Morgan fingerprint density at radius 2 is 2.29 bits per heavy atom. The molecule has 0 bridgehead atoms. The van der Waals surface area contributed by atoms with Gasteiger partial charge in [0.2, 0.25) is 5.91 Å². The zero-order valence-corrected chi connectivity index (χ0v) is 14.0. The van der Waals surface area contributed by atoms with Crippen molar-refractivity contribution in [2.45, 2.75) is 23.1 Å². The van der Waals surface area contributed by atoms with E-state index in [2.05, 4.69) is 10.3 Å². The first-order valence-electron chi connectivity index (χ1n) is 6.10. The van der Waals surface area contributed by atoms with Crippen molar-refractivity contribution in [2.75, 3.05) is 11.1 Å². The number of carbonyl (C=O) groups excluding carboxylic acids is 1. The Bertz CT molecular complexity index is 691. The highest BCUT2D eigenvalue weighted by Crippen LogP contribution is 2.25. The van der Waals surface area contributed by atoms with Gasteiger partial charge in [-0.3, -0.25) is 4.79 Å². The Labute approximate surface area is 136 Å². The smallest absolute Gasteiger partial charge is 0.234 e. The van der Waals surface area contributed by atoms with Crippen molar-refractivity contribution in [2.24, 2.45) is 0 Å². The average Bonchev–Trinajstić information content (AvgIpc) is 2.86. The predicted molar refractivity (Wildman–Crippen MR) is 88.9 cm³/mol. The quantitative estimate of drug-likeness (QED) is 0.659. The molecule has 1 amide bonds. The minimum absolute atomic E-state index is 0.0587. The van der Waals surface area contributed by atoms with E-state index >= 15 is 0 Å². The molecule has 4 nitrogen and oxygen atoms in total. The summed E-state index contributed by atoms with van der Waals surface area (Å²) in [4.78, 5) is 17.1. The molecule has 1 aromatic carbocycles. The maximum Gasteiger partial charge on any atom is 0.234 e. The molecule has 0 unspecified atom stereocenters. The summed E-state index contributed by atoms with van der Waals surface area (Å²) in [6.45, 7) is 3.85. The van der Waals surface area contributed by atoms with Gasteiger partial charge in [-0.1, -0.05) is 11.8 Å². The van der Waals surface area contributed by atoms with E-state index in [9.17, 15) is 4.79 Å². The van der Waals surface area contributed by atoms with Gasteiger partial charge in [-0.25, -0.2) is 4.98 Å². The third-order valence-electron chi connectivity index (χ3n) is 2.56. The van der Waals surface area contributed by atoms with E-state index in [0.29, 0.717) is 5.75 Å². The highest BCUT2D eigenvalue weighted by molar-refractivity contribution is 8.03. The molecule has 1 aromatic heterocycles. The van der Waals surface area contributed by atoms with E-state index in [1.807, 2.05) is 42.8 Å². The van der Waals surface area contributed by atoms with Crippen molar-refractivity contribution >= 4 is 46.5 Å². The molecular formula is C14H13N3OS3. The summed E-state index contributed by atoms with van der Waals surface area (Å²) in [6.07, 6.45) is 0. The van der Waals surface area contributed by atoms with Crippen LogP contribution in [0.1, 0.15) is 11.3 Å². The van der Waals surface area contributed by atoms with Crippen LogP contribution in [0.15, 0.2) is 32.8 Å². The molecule has 1 N–H and O–H groups in total. The molecular weight excluding hydrogens is 322 g/mol. The van der Waals surface area contributed by atoms with Crippen LogP contribution in [0.4, 0.5) is 5.69 Å². The van der Waals surface area contributed by atoms with Gasteiger partial charge in [0, 0.05) is 21.7 Å². The Kier molecular flexibility index (Phi) is 5.67. The first-order chi connectivity index (χ1) is 10.1. The van der Waals surface area contributed by atoms with Gasteiger partial charge < -0.3 is 5.32 Å². The number of aromatic nitrogens is 1. The van der Waals surface area contributed by atoms with Crippen LogP contribution >= 0.6 is 34.9 Å². The summed E-state index contributed by atoms with van der Waals surface area (Å²) >= 11 is 4.09. The van der Waals surface area contributed by atoms with E-state index in [4.69, 9.17) is 5.26 Å². The summed E-state index contributed by atoms with van der Waals surface area (Å²) in [5.74, 6) is 0.276. The second-order valence-electron chi connectivity index (χ2n) is 4.26. The second kappa shape index (κ2) is 7.50. The molecule has 0 saturated heterocycles. The number of aryl methyl sites for hydroxylation is 2. The number of thiocyanates is 1. The van der Waals surface area contributed by atoms with Crippen LogP contribution in [-0.4, -0.2) is 16.6 Å².